The van der Waals surface area contributed by atoms with Crippen molar-refractivity contribution in [1.82, 2.24) is 9.88 Å². The summed E-state index contributed by atoms with van der Waals surface area (Å²) in [5, 5.41) is 0. The van der Waals surface area contributed by atoms with Gasteiger partial charge in [0.25, 0.3) is 6.47 Å². The first-order chi connectivity index (χ1) is 20.0. The van der Waals surface area contributed by atoms with Crippen molar-refractivity contribution in [1.29, 1.82) is 0 Å². The second kappa shape index (κ2) is 12.2. The standard InChI is InChI=1S/C34H39FN2O4/c1-22(40-21-38)34(24-6-5-7-24)26-9-8-23-11-13-31(41-32(23)17-26)25-10-12-28(27(16-25)20-37-14-3-4-15-37)29-18-33(39-2)36-19-30(29)35/h8-10,12,16-19,21-22,24,31,34H,3-7,11,13-15,20H2,1-2H3/t22-,31+,34-/m0/s1. The van der Waals surface area contributed by atoms with Gasteiger partial charge in [0.2, 0.25) is 5.88 Å². The lowest BCUT2D eigenvalue weighted by Gasteiger charge is -2.37. The number of carbonyl (C=O) groups excluding carboxylic acids is 1. The molecule has 1 saturated heterocycles. The van der Waals surface area contributed by atoms with Crippen molar-refractivity contribution >= 4 is 6.47 Å². The molecule has 7 heteroatoms. The molecule has 0 N–H and O–H groups in total. The van der Waals surface area contributed by atoms with Crippen LogP contribution in [0.3, 0.4) is 0 Å². The Kier molecular flexibility index (Phi) is 8.24. The highest BCUT2D eigenvalue weighted by Gasteiger charge is 2.34. The molecule has 41 heavy (non-hydrogen) atoms. The Hall–Kier alpha value is -3.45. The summed E-state index contributed by atoms with van der Waals surface area (Å²) in [7, 11) is 1.55. The zero-order chi connectivity index (χ0) is 28.3. The maximum atomic E-state index is 15.0. The molecule has 2 aliphatic heterocycles. The predicted octanol–water partition coefficient (Wildman–Crippen LogP) is 7.00. The number of rotatable bonds is 10. The minimum atomic E-state index is -0.356. The van der Waals surface area contributed by atoms with E-state index < -0.39 is 0 Å². The summed E-state index contributed by atoms with van der Waals surface area (Å²) < 4.78 is 32.4. The van der Waals surface area contributed by atoms with E-state index in [1.54, 1.807) is 13.2 Å². The molecule has 3 heterocycles. The number of nitrogens with zero attached hydrogens (tertiary/aromatic N) is 2. The van der Waals surface area contributed by atoms with E-state index in [1.807, 2.05) is 13.0 Å². The Bertz CT molecular complexity index is 1390. The van der Waals surface area contributed by atoms with E-state index in [-0.39, 0.29) is 23.9 Å². The number of methoxy groups -OCH3 is 1. The topological polar surface area (TPSA) is 60.9 Å². The Labute approximate surface area is 241 Å². The number of benzene rings is 2. The van der Waals surface area contributed by atoms with E-state index >= 15 is 4.39 Å². The lowest BCUT2D eigenvalue weighted by atomic mass is 9.70. The minimum Gasteiger partial charge on any atom is -0.485 e. The van der Waals surface area contributed by atoms with Gasteiger partial charge in [0.05, 0.1) is 13.3 Å². The highest BCUT2D eigenvalue weighted by atomic mass is 19.1. The molecule has 1 saturated carbocycles. The van der Waals surface area contributed by atoms with Crippen LogP contribution in [0.25, 0.3) is 11.1 Å². The third kappa shape index (κ3) is 5.82. The zero-order valence-corrected chi connectivity index (χ0v) is 24.0. The summed E-state index contributed by atoms with van der Waals surface area (Å²) in [6, 6.07) is 14.5. The Morgan fingerprint density at radius 1 is 1.07 bits per heavy atom. The molecule has 6 nitrogen and oxygen atoms in total. The molecule has 216 valence electrons. The van der Waals surface area contributed by atoms with E-state index in [1.165, 1.54) is 36.6 Å². The van der Waals surface area contributed by atoms with Crippen LogP contribution < -0.4 is 9.47 Å². The fourth-order valence-corrected chi connectivity index (χ4v) is 6.85. The molecule has 0 amide bonds. The van der Waals surface area contributed by atoms with E-state index in [0.29, 0.717) is 23.8 Å². The number of fused-ring (bicyclic) bond motifs is 1. The molecular weight excluding hydrogens is 519 g/mol. The van der Waals surface area contributed by atoms with Crippen molar-refractivity contribution in [3.63, 3.8) is 0 Å². The number of halogens is 1. The number of hydrogen-bond acceptors (Lipinski definition) is 6. The van der Waals surface area contributed by atoms with Crippen molar-refractivity contribution in [2.45, 2.75) is 76.5 Å². The van der Waals surface area contributed by atoms with Gasteiger partial charge in [0, 0.05) is 24.1 Å². The van der Waals surface area contributed by atoms with E-state index in [9.17, 15) is 4.79 Å². The van der Waals surface area contributed by atoms with Gasteiger partial charge >= 0.3 is 0 Å². The first kappa shape index (κ1) is 27.7. The molecule has 1 aliphatic carbocycles. The highest BCUT2D eigenvalue weighted by Crippen LogP contribution is 2.45. The second-order valence-corrected chi connectivity index (χ2v) is 11.8. The smallest absolute Gasteiger partial charge is 0.293 e. The Morgan fingerprint density at radius 2 is 1.90 bits per heavy atom. The monoisotopic (exact) mass is 558 g/mol. The number of hydrogen-bond donors (Lipinski definition) is 0. The average molecular weight is 559 g/mol. The number of aryl methyl sites for hydroxylation is 1. The largest absolute Gasteiger partial charge is 0.485 e. The quantitative estimate of drug-likeness (QED) is 0.250. The van der Waals surface area contributed by atoms with Crippen molar-refractivity contribution in [2.24, 2.45) is 5.92 Å². The van der Waals surface area contributed by atoms with Gasteiger partial charge in [-0.1, -0.05) is 36.8 Å². The van der Waals surface area contributed by atoms with E-state index in [4.69, 9.17) is 14.2 Å². The molecule has 2 fully saturated rings. The second-order valence-electron chi connectivity index (χ2n) is 11.8. The SMILES string of the molecule is COc1cc(-c2ccc([C@H]3CCc4ccc([C@H](C5CCC5)[C@H](C)OC=O)cc4O3)cc2CN2CCCC2)c(F)cn1. The molecule has 3 atom stereocenters. The normalized spacial score (nSPS) is 20.4. The summed E-state index contributed by atoms with van der Waals surface area (Å²) in [4.78, 5) is 17.6. The maximum Gasteiger partial charge on any atom is 0.293 e. The van der Waals surface area contributed by atoms with Crippen LogP contribution >= 0.6 is 0 Å². The van der Waals surface area contributed by atoms with Gasteiger partial charge < -0.3 is 14.2 Å². The molecule has 0 spiro atoms. The third-order valence-electron chi connectivity index (χ3n) is 9.28. The van der Waals surface area contributed by atoms with Crippen molar-refractivity contribution in [3.05, 3.63) is 76.7 Å². The first-order valence-electron chi connectivity index (χ1n) is 15.0. The molecule has 0 bridgehead atoms. The average Bonchev–Trinajstić information content (AvgIpc) is 3.48. The zero-order valence-electron chi connectivity index (χ0n) is 24.0. The lowest BCUT2D eigenvalue weighted by molar-refractivity contribution is -0.134. The predicted molar refractivity (Wildman–Crippen MR) is 156 cm³/mol. The minimum absolute atomic E-state index is 0.0910. The van der Waals surface area contributed by atoms with Crippen LogP contribution in [0.5, 0.6) is 11.6 Å². The first-order valence-corrected chi connectivity index (χ1v) is 15.0. The van der Waals surface area contributed by atoms with Gasteiger partial charge in [0.15, 0.2) is 0 Å². The van der Waals surface area contributed by atoms with Crippen LogP contribution in [0, 0.1) is 11.7 Å². The molecule has 2 aromatic carbocycles. The molecule has 0 unspecified atom stereocenters. The fraction of sp³-hybridized carbons (Fsp3) is 0.471. The van der Waals surface area contributed by atoms with Gasteiger partial charge in [0.1, 0.15) is 23.8 Å². The fourth-order valence-electron chi connectivity index (χ4n) is 6.85. The van der Waals surface area contributed by atoms with Crippen molar-refractivity contribution in [3.8, 4) is 22.8 Å². The van der Waals surface area contributed by atoms with Crippen LogP contribution in [-0.2, 0) is 22.5 Å². The molecule has 0 radical (unpaired) electrons. The number of ether oxygens (including phenoxy) is 3. The highest BCUT2D eigenvalue weighted by molar-refractivity contribution is 5.69. The van der Waals surface area contributed by atoms with Gasteiger partial charge in [-0.05, 0) is 98.3 Å². The molecular formula is C34H39FN2O4. The van der Waals surface area contributed by atoms with Crippen molar-refractivity contribution < 1.29 is 23.4 Å². The van der Waals surface area contributed by atoms with Gasteiger partial charge in [-0.3, -0.25) is 9.69 Å². The summed E-state index contributed by atoms with van der Waals surface area (Å²) in [6.45, 7) is 5.43. The molecule has 6 rings (SSSR count). The summed E-state index contributed by atoms with van der Waals surface area (Å²) >= 11 is 0. The van der Waals surface area contributed by atoms with Crippen LogP contribution in [0.15, 0.2) is 48.7 Å². The molecule has 1 aromatic heterocycles. The Morgan fingerprint density at radius 3 is 2.63 bits per heavy atom. The van der Waals surface area contributed by atoms with Crippen molar-refractivity contribution in [2.75, 3.05) is 20.2 Å². The summed E-state index contributed by atoms with van der Waals surface area (Å²) in [5.74, 6) is 1.65. The molecule has 3 aromatic rings. The number of pyridine rings is 1. The maximum absolute atomic E-state index is 15.0. The summed E-state index contributed by atoms with van der Waals surface area (Å²) in [5.41, 5.74) is 5.95. The van der Waals surface area contributed by atoms with Gasteiger partial charge in [-0.2, -0.15) is 0 Å². The number of aromatic nitrogens is 1. The number of carbonyl (C=O) groups is 1. The van der Waals surface area contributed by atoms with E-state index in [2.05, 4.69) is 40.2 Å². The third-order valence-corrected chi connectivity index (χ3v) is 9.28. The van der Waals surface area contributed by atoms with Gasteiger partial charge in [-0.15, -0.1) is 0 Å². The summed E-state index contributed by atoms with van der Waals surface area (Å²) in [6.07, 6.45) is 8.70. The van der Waals surface area contributed by atoms with Crippen LogP contribution in [0.4, 0.5) is 4.39 Å². The Balaban J connectivity index is 1.30. The number of likely N-dealkylation sites (tertiary alicyclic amines) is 1. The lowest BCUT2D eigenvalue weighted by Crippen LogP contribution is -2.30. The van der Waals surface area contributed by atoms with Crippen LogP contribution in [-0.4, -0.2) is 42.7 Å². The van der Waals surface area contributed by atoms with Gasteiger partial charge in [-0.25, -0.2) is 9.37 Å². The van der Waals surface area contributed by atoms with E-state index in [0.717, 1.165) is 67.8 Å². The molecule has 3 aliphatic rings. The van der Waals surface area contributed by atoms with Crippen LogP contribution in [0.2, 0.25) is 0 Å². The van der Waals surface area contributed by atoms with Crippen LogP contribution in [0.1, 0.15) is 79.7 Å².